The molecule has 158 valence electrons. The van der Waals surface area contributed by atoms with Gasteiger partial charge in [0.05, 0.1) is 22.3 Å². The molecule has 1 aromatic heterocycles. The first-order valence-electron chi connectivity index (χ1n) is 9.59. The Morgan fingerprint density at radius 3 is 2.48 bits per heavy atom. The van der Waals surface area contributed by atoms with Crippen LogP contribution in [0, 0.1) is 0 Å². The molecule has 9 heteroatoms. The van der Waals surface area contributed by atoms with Crippen molar-refractivity contribution in [2.75, 3.05) is 21.5 Å². The zero-order valence-electron chi connectivity index (χ0n) is 16.7. The zero-order chi connectivity index (χ0) is 22.0. The Morgan fingerprint density at radius 2 is 1.74 bits per heavy atom. The van der Waals surface area contributed by atoms with E-state index in [1.165, 1.54) is 49.6 Å². The molecule has 3 aromatic rings. The second kappa shape index (κ2) is 8.19. The molecule has 8 nitrogen and oxygen atoms in total. The van der Waals surface area contributed by atoms with Crippen LogP contribution in [0.15, 0.2) is 71.9 Å². The van der Waals surface area contributed by atoms with Crippen molar-refractivity contribution in [1.29, 1.82) is 0 Å². The maximum Gasteiger partial charge on any atom is 0.261 e. The average Bonchev–Trinajstić information content (AvgIpc) is 3.17. The van der Waals surface area contributed by atoms with Crippen molar-refractivity contribution in [1.82, 2.24) is 4.98 Å². The molecule has 1 aliphatic heterocycles. The van der Waals surface area contributed by atoms with Crippen LogP contribution in [-0.2, 0) is 21.2 Å². The number of para-hydroxylation sites is 1. The second-order valence-corrected chi connectivity index (χ2v) is 8.79. The maximum absolute atomic E-state index is 13.0. The van der Waals surface area contributed by atoms with E-state index < -0.39 is 10.0 Å². The van der Waals surface area contributed by atoms with Gasteiger partial charge in [-0.3, -0.25) is 19.3 Å². The Morgan fingerprint density at radius 1 is 1.00 bits per heavy atom. The van der Waals surface area contributed by atoms with Crippen LogP contribution in [0.3, 0.4) is 0 Å². The van der Waals surface area contributed by atoms with Crippen LogP contribution in [0.25, 0.3) is 0 Å². The molecule has 0 unspecified atom stereocenters. The van der Waals surface area contributed by atoms with E-state index in [1.54, 1.807) is 4.90 Å². The molecule has 0 spiro atoms. The minimum absolute atomic E-state index is 0.0202. The number of hydrogen-bond donors (Lipinski definition) is 2. The fourth-order valence-electron chi connectivity index (χ4n) is 3.45. The molecule has 0 bridgehead atoms. The van der Waals surface area contributed by atoms with Gasteiger partial charge < -0.3 is 10.2 Å². The summed E-state index contributed by atoms with van der Waals surface area (Å²) in [6.07, 6.45) is 3.54. The van der Waals surface area contributed by atoms with E-state index >= 15 is 0 Å². The van der Waals surface area contributed by atoms with E-state index in [9.17, 15) is 18.0 Å². The molecule has 0 atom stereocenters. The summed E-state index contributed by atoms with van der Waals surface area (Å²) in [5.74, 6) is -0.486. The van der Waals surface area contributed by atoms with Crippen molar-refractivity contribution in [2.45, 2.75) is 18.2 Å². The third-order valence-electron chi connectivity index (χ3n) is 4.85. The lowest BCUT2D eigenvalue weighted by Crippen LogP contribution is -2.29. The predicted octanol–water partition coefficient (Wildman–Crippen LogP) is 3.04. The highest BCUT2D eigenvalue weighted by Crippen LogP contribution is 2.29. The van der Waals surface area contributed by atoms with Crippen molar-refractivity contribution in [2.24, 2.45) is 0 Å². The van der Waals surface area contributed by atoms with Gasteiger partial charge >= 0.3 is 0 Å². The lowest BCUT2D eigenvalue weighted by atomic mass is 10.2. The number of sulfonamides is 1. The van der Waals surface area contributed by atoms with Gasteiger partial charge in [-0.25, -0.2) is 8.42 Å². The van der Waals surface area contributed by atoms with Crippen molar-refractivity contribution < 1.29 is 18.0 Å². The Kier molecular flexibility index (Phi) is 5.43. The van der Waals surface area contributed by atoms with Gasteiger partial charge in [0.2, 0.25) is 5.91 Å². The van der Waals surface area contributed by atoms with Gasteiger partial charge in [-0.1, -0.05) is 18.2 Å². The largest absolute Gasteiger partial charge is 0.326 e. The number of nitrogens with one attached hydrogen (secondary N) is 2. The summed E-state index contributed by atoms with van der Waals surface area (Å²) in [7, 11) is -3.90. The lowest BCUT2D eigenvalue weighted by Gasteiger charge is -2.17. The summed E-state index contributed by atoms with van der Waals surface area (Å²) >= 11 is 0. The van der Waals surface area contributed by atoms with Crippen molar-refractivity contribution in [3.8, 4) is 0 Å². The number of pyridine rings is 1. The molecule has 2 amide bonds. The third-order valence-corrected chi connectivity index (χ3v) is 6.25. The first-order chi connectivity index (χ1) is 14.8. The molecular formula is C22H20N4O4S. The van der Waals surface area contributed by atoms with Gasteiger partial charge in [0.1, 0.15) is 0 Å². The first kappa shape index (κ1) is 20.5. The highest BCUT2D eigenvalue weighted by molar-refractivity contribution is 7.92. The molecule has 31 heavy (non-hydrogen) atoms. The minimum atomic E-state index is -3.90. The van der Waals surface area contributed by atoms with Gasteiger partial charge in [-0.15, -0.1) is 0 Å². The van der Waals surface area contributed by atoms with E-state index in [4.69, 9.17) is 0 Å². The Labute approximate surface area is 180 Å². The second-order valence-electron chi connectivity index (χ2n) is 7.11. The van der Waals surface area contributed by atoms with Crippen molar-refractivity contribution in [3.05, 3.63) is 78.1 Å². The van der Waals surface area contributed by atoms with Crippen LogP contribution in [0.1, 0.15) is 22.8 Å². The van der Waals surface area contributed by atoms with Crippen LogP contribution < -0.4 is 14.9 Å². The number of hydrogen-bond acceptors (Lipinski definition) is 5. The van der Waals surface area contributed by atoms with Gasteiger partial charge in [-0.05, 0) is 48.4 Å². The van der Waals surface area contributed by atoms with E-state index in [-0.39, 0.29) is 28.0 Å². The van der Waals surface area contributed by atoms with E-state index in [1.807, 2.05) is 24.3 Å². The quantitative estimate of drug-likeness (QED) is 0.639. The van der Waals surface area contributed by atoms with Gasteiger partial charge in [0.15, 0.2) is 0 Å². The Hall–Kier alpha value is -3.72. The van der Waals surface area contributed by atoms with Gasteiger partial charge in [0.25, 0.3) is 15.9 Å². The topological polar surface area (TPSA) is 108 Å². The molecule has 0 fully saturated rings. The van der Waals surface area contributed by atoms with Crippen LogP contribution >= 0.6 is 0 Å². The molecular weight excluding hydrogens is 416 g/mol. The standard InChI is InChI=1S/C22H20N4O4S/c1-15(27)24-18-6-8-20(9-7-18)31(29,30)25-19-12-17(13-23-14-19)22(28)26-11-10-16-4-2-3-5-21(16)26/h2-9,12-14,25H,10-11H2,1H3,(H,24,27). The van der Waals surface area contributed by atoms with E-state index in [0.29, 0.717) is 12.2 Å². The van der Waals surface area contributed by atoms with Crippen LogP contribution in [0.5, 0.6) is 0 Å². The molecule has 2 N–H and O–H groups in total. The molecule has 0 aliphatic carbocycles. The van der Waals surface area contributed by atoms with Crippen LogP contribution in [0.4, 0.5) is 17.1 Å². The normalized spacial score (nSPS) is 12.9. The summed E-state index contributed by atoms with van der Waals surface area (Å²) in [5, 5.41) is 2.58. The molecule has 1 aliphatic rings. The Bertz CT molecular complexity index is 1260. The highest BCUT2D eigenvalue weighted by Gasteiger charge is 2.25. The number of nitrogens with zero attached hydrogens (tertiary/aromatic N) is 2. The fourth-order valence-corrected chi connectivity index (χ4v) is 4.49. The van der Waals surface area contributed by atoms with E-state index in [0.717, 1.165) is 17.7 Å². The summed E-state index contributed by atoms with van der Waals surface area (Å²) in [5.41, 5.74) is 2.93. The zero-order valence-corrected chi connectivity index (χ0v) is 17.5. The van der Waals surface area contributed by atoms with Crippen molar-refractivity contribution in [3.63, 3.8) is 0 Å². The van der Waals surface area contributed by atoms with Gasteiger partial charge in [-0.2, -0.15) is 0 Å². The number of aromatic nitrogens is 1. The fraction of sp³-hybridized carbons (Fsp3) is 0.136. The smallest absolute Gasteiger partial charge is 0.261 e. The molecule has 0 saturated heterocycles. The maximum atomic E-state index is 13.0. The number of carbonyl (C=O) groups excluding carboxylic acids is 2. The van der Waals surface area contributed by atoms with Crippen LogP contribution in [-0.4, -0.2) is 31.8 Å². The number of fused-ring (bicyclic) bond motifs is 1. The number of anilines is 3. The molecule has 0 saturated carbocycles. The predicted molar refractivity (Wildman–Crippen MR) is 118 cm³/mol. The average molecular weight is 436 g/mol. The summed E-state index contributed by atoms with van der Waals surface area (Å²) < 4.78 is 27.9. The number of carbonyl (C=O) groups is 2. The molecule has 0 radical (unpaired) electrons. The van der Waals surface area contributed by atoms with Gasteiger partial charge in [0, 0.05) is 31.0 Å². The first-order valence-corrected chi connectivity index (χ1v) is 11.1. The minimum Gasteiger partial charge on any atom is -0.326 e. The Balaban J connectivity index is 1.53. The number of benzene rings is 2. The van der Waals surface area contributed by atoms with Crippen molar-refractivity contribution >= 4 is 38.9 Å². The lowest BCUT2D eigenvalue weighted by molar-refractivity contribution is -0.114. The van der Waals surface area contributed by atoms with E-state index in [2.05, 4.69) is 15.0 Å². The number of rotatable bonds is 5. The summed E-state index contributed by atoms with van der Waals surface area (Å²) in [6.45, 7) is 1.93. The SMILES string of the molecule is CC(=O)Nc1ccc(S(=O)(=O)Nc2cncc(C(=O)N3CCc4ccccc43)c2)cc1. The van der Waals surface area contributed by atoms with Crippen LogP contribution in [0.2, 0.25) is 0 Å². The third kappa shape index (κ3) is 4.41. The number of amides is 2. The summed E-state index contributed by atoms with van der Waals surface area (Å²) in [6, 6.07) is 14.9. The molecule has 2 aromatic carbocycles. The highest BCUT2D eigenvalue weighted by atomic mass is 32.2. The molecule has 4 rings (SSSR count). The summed E-state index contributed by atoms with van der Waals surface area (Å²) in [4.78, 5) is 29.8. The monoisotopic (exact) mass is 436 g/mol. The molecule has 2 heterocycles.